The van der Waals surface area contributed by atoms with Crippen molar-refractivity contribution < 1.29 is 9.53 Å². The predicted molar refractivity (Wildman–Crippen MR) is 76.6 cm³/mol. The van der Waals surface area contributed by atoms with Crippen molar-refractivity contribution in [2.75, 3.05) is 6.61 Å². The second-order valence-electron chi connectivity index (χ2n) is 4.88. The van der Waals surface area contributed by atoms with Crippen LogP contribution in [0.5, 0.6) is 5.88 Å². The molecule has 1 heterocycles. The molecular formula is C16H19NO2. The highest BCUT2D eigenvalue weighted by Gasteiger charge is 2.23. The van der Waals surface area contributed by atoms with Crippen LogP contribution in [0.3, 0.4) is 0 Å². The van der Waals surface area contributed by atoms with E-state index in [-0.39, 0.29) is 0 Å². The fourth-order valence-electron chi connectivity index (χ4n) is 2.05. The summed E-state index contributed by atoms with van der Waals surface area (Å²) in [6.07, 6.45) is 1.81. The lowest BCUT2D eigenvalue weighted by atomic mass is 9.81. The van der Waals surface area contributed by atoms with Gasteiger partial charge in [-0.3, -0.25) is 0 Å². The average molecular weight is 257 g/mol. The lowest BCUT2D eigenvalue weighted by molar-refractivity contribution is -0.112. The van der Waals surface area contributed by atoms with Crippen LogP contribution in [0.4, 0.5) is 0 Å². The van der Waals surface area contributed by atoms with Gasteiger partial charge in [-0.05, 0) is 44.0 Å². The Labute approximate surface area is 113 Å². The van der Waals surface area contributed by atoms with E-state index in [0.717, 1.165) is 29.2 Å². The number of rotatable bonds is 5. The van der Waals surface area contributed by atoms with E-state index in [4.69, 9.17) is 4.74 Å². The summed E-state index contributed by atoms with van der Waals surface area (Å²) in [4.78, 5) is 15.7. The zero-order chi connectivity index (χ0) is 13.9. The fourth-order valence-corrected chi connectivity index (χ4v) is 2.05. The summed E-state index contributed by atoms with van der Waals surface area (Å²) in [6.45, 7) is 6.53. The van der Waals surface area contributed by atoms with Gasteiger partial charge in [0.15, 0.2) is 0 Å². The van der Waals surface area contributed by atoms with Crippen LogP contribution < -0.4 is 4.74 Å². The molecule has 3 heteroatoms. The fraction of sp³-hybridized carbons (Fsp3) is 0.375. The molecule has 0 spiro atoms. The number of fused-ring (bicyclic) bond motifs is 1. The Morgan fingerprint density at radius 3 is 2.68 bits per heavy atom. The van der Waals surface area contributed by atoms with E-state index < -0.39 is 5.41 Å². The Hall–Kier alpha value is -1.90. The zero-order valence-corrected chi connectivity index (χ0v) is 11.6. The smallest absolute Gasteiger partial charge is 0.213 e. The molecule has 2 aromatic rings. The van der Waals surface area contributed by atoms with Crippen LogP contribution in [-0.4, -0.2) is 17.9 Å². The van der Waals surface area contributed by atoms with Crippen molar-refractivity contribution in [3.05, 3.63) is 35.9 Å². The van der Waals surface area contributed by atoms with E-state index in [1.807, 2.05) is 51.1 Å². The molecule has 19 heavy (non-hydrogen) atoms. The minimum atomic E-state index is -0.424. The van der Waals surface area contributed by atoms with Gasteiger partial charge in [-0.15, -0.1) is 0 Å². The van der Waals surface area contributed by atoms with Gasteiger partial charge < -0.3 is 9.53 Å². The summed E-state index contributed by atoms with van der Waals surface area (Å²) >= 11 is 0. The van der Waals surface area contributed by atoms with Crippen molar-refractivity contribution in [1.29, 1.82) is 0 Å². The van der Waals surface area contributed by atoms with Gasteiger partial charge in [0.2, 0.25) is 5.88 Å². The third-order valence-electron chi connectivity index (χ3n) is 3.61. The lowest BCUT2D eigenvalue weighted by Crippen LogP contribution is -2.22. The third kappa shape index (κ3) is 2.60. The van der Waals surface area contributed by atoms with Crippen molar-refractivity contribution in [3.63, 3.8) is 0 Å². The standard InChI is InChI=1S/C16H19NO2/c1-4-16(3,11-18)13-7-8-14-12(10-13)6-9-15(17-14)19-5-2/h6-11H,4-5H2,1-3H3. The first kappa shape index (κ1) is 13.5. The molecule has 1 atom stereocenters. The number of aromatic nitrogens is 1. The van der Waals surface area contributed by atoms with Crippen LogP contribution in [0.25, 0.3) is 10.9 Å². The van der Waals surface area contributed by atoms with Gasteiger partial charge in [-0.2, -0.15) is 0 Å². The number of pyridine rings is 1. The topological polar surface area (TPSA) is 39.2 Å². The van der Waals surface area contributed by atoms with E-state index in [9.17, 15) is 4.79 Å². The second kappa shape index (κ2) is 5.39. The first-order chi connectivity index (χ1) is 9.12. The van der Waals surface area contributed by atoms with E-state index in [1.165, 1.54) is 0 Å². The van der Waals surface area contributed by atoms with Gasteiger partial charge in [-0.1, -0.05) is 13.0 Å². The maximum Gasteiger partial charge on any atom is 0.213 e. The number of carbonyl (C=O) groups excluding carboxylic acids is 1. The molecule has 0 radical (unpaired) electrons. The Bertz CT molecular complexity index is 594. The molecule has 0 aliphatic carbocycles. The van der Waals surface area contributed by atoms with Gasteiger partial charge in [0.25, 0.3) is 0 Å². The van der Waals surface area contributed by atoms with E-state index >= 15 is 0 Å². The first-order valence-electron chi connectivity index (χ1n) is 6.63. The highest BCUT2D eigenvalue weighted by atomic mass is 16.5. The Morgan fingerprint density at radius 1 is 1.26 bits per heavy atom. The number of hydrogen-bond donors (Lipinski definition) is 0. The summed E-state index contributed by atoms with van der Waals surface area (Å²) in [7, 11) is 0. The normalized spacial score (nSPS) is 14.1. The summed E-state index contributed by atoms with van der Waals surface area (Å²) in [5, 5.41) is 1.03. The first-order valence-corrected chi connectivity index (χ1v) is 6.63. The Balaban J connectivity index is 2.47. The molecule has 0 N–H and O–H groups in total. The van der Waals surface area contributed by atoms with Crippen LogP contribution in [0.1, 0.15) is 32.8 Å². The maximum absolute atomic E-state index is 11.3. The molecule has 0 fully saturated rings. The molecule has 1 aromatic heterocycles. The molecule has 100 valence electrons. The van der Waals surface area contributed by atoms with Gasteiger partial charge in [0, 0.05) is 16.9 Å². The summed E-state index contributed by atoms with van der Waals surface area (Å²) in [5.41, 5.74) is 1.50. The zero-order valence-electron chi connectivity index (χ0n) is 11.6. The van der Waals surface area contributed by atoms with Crippen LogP contribution in [-0.2, 0) is 10.2 Å². The highest BCUT2D eigenvalue weighted by molar-refractivity contribution is 5.82. The van der Waals surface area contributed by atoms with Crippen LogP contribution in [0.15, 0.2) is 30.3 Å². The van der Waals surface area contributed by atoms with Crippen molar-refractivity contribution in [1.82, 2.24) is 4.98 Å². The van der Waals surface area contributed by atoms with Gasteiger partial charge in [0.05, 0.1) is 12.1 Å². The third-order valence-corrected chi connectivity index (χ3v) is 3.61. The molecule has 0 amide bonds. The SMILES string of the molecule is CCOc1ccc2cc(C(C)(C=O)CC)ccc2n1. The van der Waals surface area contributed by atoms with E-state index in [1.54, 1.807) is 0 Å². The molecule has 0 aliphatic rings. The molecule has 1 aromatic carbocycles. The number of ether oxygens (including phenoxy) is 1. The van der Waals surface area contributed by atoms with Crippen molar-refractivity contribution >= 4 is 17.2 Å². The Morgan fingerprint density at radius 2 is 2.05 bits per heavy atom. The molecule has 3 nitrogen and oxygen atoms in total. The minimum Gasteiger partial charge on any atom is -0.478 e. The van der Waals surface area contributed by atoms with Crippen molar-refractivity contribution in [2.24, 2.45) is 0 Å². The predicted octanol–water partition coefficient (Wildman–Crippen LogP) is 3.50. The quantitative estimate of drug-likeness (QED) is 0.769. The van der Waals surface area contributed by atoms with E-state index in [0.29, 0.717) is 12.5 Å². The number of nitrogens with zero attached hydrogens (tertiary/aromatic N) is 1. The van der Waals surface area contributed by atoms with Crippen LogP contribution in [0, 0.1) is 0 Å². The molecule has 2 rings (SSSR count). The monoisotopic (exact) mass is 257 g/mol. The van der Waals surface area contributed by atoms with Gasteiger partial charge in [-0.25, -0.2) is 4.98 Å². The number of carbonyl (C=O) groups is 1. The lowest BCUT2D eigenvalue weighted by Gasteiger charge is -2.21. The molecule has 0 aliphatic heterocycles. The van der Waals surface area contributed by atoms with E-state index in [2.05, 4.69) is 4.98 Å². The Kier molecular flexibility index (Phi) is 3.84. The summed E-state index contributed by atoms with van der Waals surface area (Å²) < 4.78 is 5.39. The van der Waals surface area contributed by atoms with Gasteiger partial charge >= 0.3 is 0 Å². The van der Waals surface area contributed by atoms with Crippen LogP contribution >= 0.6 is 0 Å². The number of benzene rings is 1. The molecule has 0 saturated carbocycles. The maximum atomic E-state index is 11.3. The van der Waals surface area contributed by atoms with Crippen molar-refractivity contribution in [3.8, 4) is 5.88 Å². The average Bonchev–Trinajstić information content (AvgIpc) is 2.46. The summed E-state index contributed by atoms with van der Waals surface area (Å²) in [6, 6.07) is 9.81. The second-order valence-corrected chi connectivity index (χ2v) is 4.88. The molecule has 0 saturated heterocycles. The number of aldehydes is 1. The molecular weight excluding hydrogens is 238 g/mol. The van der Waals surface area contributed by atoms with Crippen LogP contribution in [0.2, 0.25) is 0 Å². The molecule has 0 bridgehead atoms. The van der Waals surface area contributed by atoms with Gasteiger partial charge in [0.1, 0.15) is 6.29 Å². The molecule has 1 unspecified atom stereocenters. The minimum absolute atomic E-state index is 0.424. The highest BCUT2D eigenvalue weighted by Crippen LogP contribution is 2.28. The largest absolute Gasteiger partial charge is 0.478 e. The van der Waals surface area contributed by atoms with Crippen molar-refractivity contribution in [2.45, 2.75) is 32.6 Å². The number of hydrogen-bond acceptors (Lipinski definition) is 3. The summed E-state index contributed by atoms with van der Waals surface area (Å²) in [5.74, 6) is 0.636.